The van der Waals surface area contributed by atoms with Crippen molar-refractivity contribution in [3.63, 3.8) is 0 Å². The molecule has 84 valence electrons. The molecule has 0 spiro atoms. The van der Waals surface area contributed by atoms with Gasteiger partial charge < -0.3 is 10.4 Å². The van der Waals surface area contributed by atoms with Gasteiger partial charge in [0.25, 0.3) is 0 Å². The van der Waals surface area contributed by atoms with Crippen molar-refractivity contribution in [1.82, 2.24) is 0 Å². The Hall–Kier alpha value is -1.69. The topological polar surface area (TPSA) is 66.4 Å². The smallest absolute Gasteiger partial charge is 0.328 e. The Morgan fingerprint density at radius 3 is 2.62 bits per heavy atom. The van der Waals surface area contributed by atoms with Crippen molar-refractivity contribution in [3.05, 3.63) is 40.6 Å². The second-order valence-electron chi connectivity index (χ2n) is 2.78. The van der Waals surface area contributed by atoms with Crippen LogP contribution in [0.4, 0.5) is 10.1 Å². The molecule has 16 heavy (non-hydrogen) atoms. The van der Waals surface area contributed by atoms with Crippen molar-refractivity contribution < 1.29 is 19.1 Å². The number of hydrogen-bond acceptors (Lipinski definition) is 2. The molecule has 0 saturated heterocycles. The van der Waals surface area contributed by atoms with Gasteiger partial charge in [0.2, 0.25) is 5.91 Å². The minimum absolute atomic E-state index is 0.362. The van der Waals surface area contributed by atoms with Crippen LogP contribution in [0.25, 0.3) is 0 Å². The molecular formula is C10H7BrFNO3. The molecule has 0 fully saturated rings. The summed E-state index contributed by atoms with van der Waals surface area (Å²) in [6, 6.07) is 3.74. The quantitative estimate of drug-likeness (QED) is 0.838. The normalized spacial score (nSPS) is 10.4. The number of benzene rings is 1. The maximum atomic E-state index is 12.7. The molecule has 0 aromatic heterocycles. The Balaban J connectivity index is 2.73. The molecule has 1 amide bonds. The SMILES string of the molecule is O=C(O)/C=C/C(=O)Nc1ccc(F)cc1Br. The number of halogens is 2. The van der Waals surface area contributed by atoms with Crippen LogP contribution in [0, 0.1) is 5.82 Å². The average Bonchev–Trinajstić information content (AvgIpc) is 2.19. The van der Waals surface area contributed by atoms with Crippen molar-refractivity contribution in [2.24, 2.45) is 0 Å². The summed E-state index contributed by atoms with van der Waals surface area (Å²) in [4.78, 5) is 21.3. The number of hydrogen-bond donors (Lipinski definition) is 2. The molecule has 0 bridgehead atoms. The van der Waals surface area contributed by atoms with E-state index < -0.39 is 17.7 Å². The Labute approximate surface area is 98.9 Å². The molecule has 0 aliphatic rings. The van der Waals surface area contributed by atoms with E-state index in [0.717, 1.165) is 6.08 Å². The van der Waals surface area contributed by atoms with Gasteiger partial charge in [0.1, 0.15) is 5.82 Å². The van der Waals surface area contributed by atoms with Crippen LogP contribution in [-0.4, -0.2) is 17.0 Å². The zero-order valence-electron chi connectivity index (χ0n) is 7.91. The van der Waals surface area contributed by atoms with Crippen molar-refractivity contribution in [2.75, 3.05) is 5.32 Å². The lowest BCUT2D eigenvalue weighted by Crippen LogP contribution is -2.09. The summed E-state index contributed by atoms with van der Waals surface area (Å²) in [6.07, 6.45) is 1.59. The lowest BCUT2D eigenvalue weighted by molar-refractivity contribution is -0.131. The second-order valence-corrected chi connectivity index (χ2v) is 3.64. The van der Waals surface area contributed by atoms with Gasteiger partial charge in [0.05, 0.1) is 5.69 Å². The van der Waals surface area contributed by atoms with E-state index in [1.807, 2.05) is 0 Å². The summed E-state index contributed by atoms with van der Waals surface area (Å²) < 4.78 is 13.1. The number of carbonyl (C=O) groups is 2. The van der Waals surface area contributed by atoms with E-state index in [1.165, 1.54) is 18.2 Å². The van der Waals surface area contributed by atoms with Gasteiger partial charge in [-0.05, 0) is 34.1 Å². The van der Waals surface area contributed by atoms with Crippen LogP contribution in [-0.2, 0) is 9.59 Å². The number of amides is 1. The summed E-state index contributed by atoms with van der Waals surface area (Å²) in [5.74, 6) is -2.26. The number of carbonyl (C=O) groups excluding carboxylic acids is 1. The van der Waals surface area contributed by atoms with Gasteiger partial charge in [-0.25, -0.2) is 9.18 Å². The van der Waals surface area contributed by atoms with Gasteiger partial charge in [0, 0.05) is 16.6 Å². The first-order valence-electron chi connectivity index (χ1n) is 4.16. The van der Waals surface area contributed by atoms with Crippen molar-refractivity contribution in [2.45, 2.75) is 0 Å². The lowest BCUT2D eigenvalue weighted by atomic mass is 10.3. The van der Waals surface area contributed by atoms with Gasteiger partial charge in [-0.15, -0.1) is 0 Å². The Morgan fingerprint density at radius 1 is 1.38 bits per heavy atom. The average molecular weight is 288 g/mol. The maximum Gasteiger partial charge on any atom is 0.328 e. The third kappa shape index (κ3) is 3.82. The fraction of sp³-hybridized carbons (Fsp3) is 0. The lowest BCUT2D eigenvalue weighted by Gasteiger charge is -2.04. The first-order chi connectivity index (χ1) is 7.49. The van der Waals surface area contributed by atoms with Crippen LogP contribution in [0.1, 0.15) is 0 Å². The zero-order valence-corrected chi connectivity index (χ0v) is 9.49. The van der Waals surface area contributed by atoms with Crippen LogP contribution in [0.5, 0.6) is 0 Å². The van der Waals surface area contributed by atoms with Gasteiger partial charge in [-0.1, -0.05) is 0 Å². The fourth-order valence-electron chi connectivity index (χ4n) is 0.912. The predicted octanol–water partition coefficient (Wildman–Crippen LogP) is 2.17. The van der Waals surface area contributed by atoms with E-state index in [-0.39, 0.29) is 0 Å². The predicted molar refractivity (Wildman–Crippen MR) is 59.5 cm³/mol. The van der Waals surface area contributed by atoms with E-state index >= 15 is 0 Å². The van der Waals surface area contributed by atoms with Crippen molar-refractivity contribution in [3.8, 4) is 0 Å². The summed E-state index contributed by atoms with van der Waals surface area (Å²) in [6.45, 7) is 0. The number of rotatable bonds is 3. The Kier molecular flexibility index (Phi) is 4.19. The van der Waals surface area contributed by atoms with Gasteiger partial charge in [0.15, 0.2) is 0 Å². The van der Waals surface area contributed by atoms with E-state index in [4.69, 9.17) is 5.11 Å². The first-order valence-corrected chi connectivity index (χ1v) is 4.95. The number of carboxylic acid groups (broad SMARTS) is 1. The van der Waals surface area contributed by atoms with Gasteiger partial charge >= 0.3 is 5.97 Å². The number of carboxylic acids is 1. The molecule has 1 aromatic carbocycles. The van der Waals surface area contributed by atoms with Crippen LogP contribution < -0.4 is 5.32 Å². The minimum atomic E-state index is -1.21. The van der Waals surface area contributed by atoms with Gasteiger partial charge in [-0.2, -0.15) is 0 Å². The van der Waals surface area contributed by atoms with Crippen molar-refractivity contribution >= 4 is 33.5 Å². The second kappa shape index (κ2) is 5.41. The van der Waals surface area contributed by atoms with Crippen LogP contribution in [0.3, 0.4) is 0 Å². The Morgan fingerprint density at radius 2 is 2.06 bits per heavy atom. The van der Waals surface area contributed by atoms with E-state index in [2.05, 4.69) is 21.2 Å². The van der Waals surface area contributed by atoms with Crippen LogP contribution in [0.15, 0.2) is 34.8 Å². The van der Waals surface area contributed by atoms with Gasteiger partial charge in [-0.3, -0.25) is 4.79 Å². The highest BCUT2D eigenvalue weighted by Crippen LogP contribution is 2.22. The molecule has 2 N–H and O–H groups in total. The molecule has 1 aromatic rings. The third-order valence-electron chi connectivity index (χ3n) is 1.57. The molecule has 0 aliphatic carbocycles. The highest BCUT2D eigenvalue weighted by Gasteiger charge is 2.04. The van der Waals surface area contributed by atoms with E-state index in [1.54, 1.807) is 0 Å². The number of anilines is 1. The molecule has 0 aliphatic heterocycles. The molecular weight excluding hydrogens is 281 g/mol. The molecule has 6 heteroatoms. The van der Waals surface area contributed by atoms with Crippen molar-refractivity contribution in [1.29, 1.82) is 0 Å². The summed E-state index contributed by atoms with van der Waals surface area (Å²) in [5.41, 5.74) is 0.362. The van der Waals surface area contributed by atoms with Crippen LogP contribution in [0.2, 0.25) is 0 Å². The monoisotopic (exact) mass is 287 g/mol. The van der Waals surface area contributed by atoms with E-state index in [0.29, 0.717) is 16.2 Å². The number of aliphatic carboxylic acids is 1. The number of nitrogens with one attached hydrogen (secondary N) is 1. The molecule has 0 radical (unpaired) electrons. The summed E-state index contributed by atoms with van der Waals surface area (Å²) >= 11 is 3.06. The minimum Gasteiger partial charge on any atom is -0.478 e. The van der Waals surface area contributed by atoms with Crippen LogP contribution >= 0.6 is 15.9 Å². The molecule has 0 atom stereocenters. The standard InChI is InChI=1S/C10H7BrFNO3/c11-7-5-6(12)1-2-8(7)13-9(14)3-4-10(15)16/h1-5H,(H,13,14)(H,15,16)/b4-3+. The first kappa shape index (κ1) is 12.4. The summed E-state index contributed by atoms with van der Waals surface area (Å²) in [5, 5.41) is 10.7. The summed E-state index contributed by atoms with van der Waals surface area (Å²) in [7, 11) is 0. The molecule has 4 nitrogen and oxygen atoms in total. The Bertz CT molecular complexity index is 459. The molecule has 1 rings (SSSR count). The third-order valence-corrected chi connectivity index (χ3v) is 2.22. The molecule has 0 saturated carbocycles. The molecule has 0 heterocycles. The van der Waals surface area contributed by atoms with E-state index in [9.17, 15) is 14.0 Å². The highest BCUT2D eigenvalue weighted by atomic mass is 79.9. The highest BCUT2D eigenvalue weighted by molar-refractivity contribution is 9.10. The fourth-order valence-corrected chi connectivity index (χ4v) is 1.36. The maximum absolute atomic E-state index is 12.7. The zero-order chi connectivity index (χ0) is 12.1. The molecule has 0 unspecified atom stereocenters. The largest absolute Gasteiger partial charge is 0.478 e.